The second kappa shape index (κ2) is 4.87. The van der Waals surface area contributed by atoms with Crippen LogP contribution >= 0.6 is 0 Å². The maximum atomic E-state index is 5.10. The number of hydrogen-bond donors (Lipinski definition) is 1. The predicted molar refractivity (Wildman–Crippen MR) is 67.4 cm³/mol. The Bertz CT molecular complexity index is 385. The van der Waals surface area contributed by atoms with Crippen LogP contribution in [0.4, 0.5) is 5.82 Å². The van der Waals surface area contributed by atoms with Crippen LogP contribution in [0.1, 0.15) is 13.3 Å². The molecule has 0 saturated carbocycles. The largest absolute Gasteiger partial charge is 0.480 e. The lowest BCUT2D eigenvalue weighted by Gasteiger charge is -2.24. The number of anilines is 1. The summed E-state index contributed by atoms with van der Waals surface area (Å²) in [5.74, 6) is 1.48. The zero-order chi connectivity index (χ0) is 12.3. The fraction of sp³-hybridized carbons (Fsp3) is 0.667. The SMILES string of the molecule is CNCC1(C)CCN(c2cncc(OC)n2)C1. The number of rotatable bonds is 4. The van der Waals surface area contributed by atoms with Crippen molar-refractivity contribution in [3.8, 4) is 5.88 Å². The summed E-state index contributed by atoms with van der Waals surface area (Å²) < 4.78 is 5.10. The minimum Gasteiger partial charge on any atom is -0.480 e. The van der Waals surface area contributed by atoms with E-state index >= 15 is 0 Å². The molecule has 0 radical (unpaired) electrons. The molecule has 1 saturated heterocycles. The summed E-state index contributed by atoms with van der Waals surface area (Å²) in [5, 5.41) is 3.26. The van der Waals surface area contributed by atoms with Crippen molar-refractivity contribution in [2.24, 2.45) is 5.41 Å². The van der Waals surface area contributed by atoms with Gasteiger partial charge in [0, 0.05) is 19.6 Å². The molecule has 0 spiro atoms. The van der Waals surface area contributed by atoms with Gasteiger partial charge in [-0.05, 0) is 18.9 Å². The fourth-order valence-corrected chi connectivity index (χ4v) is 2.38. The first-order valence-corrected chi connectivity index (χ1v) is 5.92. The van der Waals surface area contributed by atoms with E-state index < -0.39 is 0 Å². The third-order valence-electron chi connectivity index (χ3n) is 3.29. The molecule has 2 rings (SSSR count). The highest BCUT2D eigenvalue weighted by Crippen LogP contribution is 2.31. The van der Waals surface area contributed by atoms with E-state index in [0.717, 1.165) is 25.5 Å². The number of nitrogens with one attached hydrogen (secondary N) is 1. The summed E-state index contributed by atoms with van der Waals surface area (Å²) in [6, 6.07) is 0. The van der Waals surface area contributed by atoms with Gasteiger partial charge < -0.3 is 15.0 Å². The molecule has 1 aliphatic heterocycles. The molecular formula is C12H20N4O. The molecule has 5 nitrogen and oxygen atoms in total. The summed E-state index contributed by atoms with van der Waals surface area (Å²) in [6.45, 7) is 5.37. The van der Waals surface area contributed by atoms with Crippen molar-refractivity contribution in [1.82, 2.24) is 15.3 Å². The summed E-state index contributed by atoms with van der Waals surface area (Å²) in [6.07, 6.45) is 4.60. The Labute approximate surface area is 102 Å². The second-order valence-corrected chi connectivity index (χ2v) is 4.93. The third-order valence-corrected chi connectivity index (χ3v) is 3.29. The fourth-order valence-electron chi connectivity index (χ4n) is 2.38. The molecule has 5 heteroatoms. The molecule has 0 aliphatic carbocycles. The Morgan fingerprint density at radius 2 is 2.35 bits per heavy atom. The van der Waals surface area contributed by atoms with Crippen molar-refractivity contribution < 1.29 is 4.74 Å². The quantitative estimate of drug-likeness (QED) is 0.842. The highest BCUT2D eigenvalue weighted by Gasteiger charge is 2.33. The van der Waals surface area contributed by atoms with Gasteiger partial charge in [0.1, 0.15) is 0 Å². The van der Waals surface area contributed by atoms with Gasteiger partial charge in [0.25, 0.3) is 0 Å². The standard InChI is InChI=1S/C12H20N4O/c1-12(8-13-2)4-5-16(9-12)10-6-14-7-11(15-10)17-3/h6-7,13H,4-5,8-9H2,1-3H3. The average molecular weight is 236 g/mol. The van der Waals surface area contributed by atoms with Crippen molar-refractivity contribution in [2.75, 3.05) is 38.7 Å². The molecular weight excluding hydrogens is 216 g/mol. The predicted octanol–water partition coefficient (Wildman–Crippen LogP) is 0.921. The van der Waals surface area contributed by atoms with Crippen LogP contribution in [0.2, 0.25) is 0 Å². The van der Waals surface area contributed by atoms with E-state index in [1.165, 1.54) is 6.42 Å². The van der Waals surface area contributed by atoms with Crippen molar-refractivity contribution in [3.63, 3.8) is 0 Å². The van der Waals surface area contributed by atoms with Crippen LogP contribution in [0.3, 0.4) is 0 Å². The van der Waals surface area contributed by atoms with Crippen LogP contribution in [0.5, 0.6) is 5.88 Å². The van der Waals surface area contributed by atoms with Gasteiger partial charge >= 0.3 is 0 Å². The average Bonchev–Trinajstić information content (AvgIpc) is 2.72. The van der Waals surface area contributed by atoms with Crippen molar-refractivity contribution in [2.45, 2.75) is 13.3 Å². The highest BCUT2D eigenvalue weighted by molar-refractivity contribution is 5.39. The van der Waals surface area contributed by atoms with Gasteiger partial charge in [-0.2, -0.15) is 4.98 Å². The van der Waals surface area contributed by atoms with E-state index in [0.29, 0.717) is 11.3 Å². The Hall–Kier alpha value is -1.36. The molecule has 1 aromatic rings. The van der Waals surface area contributed by atoms with E-state index in [1.54, 1.807) is 19.5 Å². The van der Waals surface area contributed by atoms with Crippen molar-refractivity contribution in [3.05, 3.63) is 12.4 Å². The molecule has 1 aromatic heterocycles. The van der Waals surface area contributed by atoms with E-state index in [-0.39, 0.29) is 0 Å². The van der Waals surface area contributed by atoms with E-state index in [1.807, 2.05) is 7.05 Å². The van der Waals surface area contributed by atoms with E-state index in [2.05, 4.69) is 27.1 Å². The van der Waals surface area contributed by atoms with Crippen molar-refractivity contribution >= 4 is 5.82 Å². The molecule has 0 amide bonds. The van der Waals surface area contributed by atoms with Gasteiger partial charge in [-0.25, -0.2) is 0 Å². The lowest BCUT2D eigenvalue weighted by Crippen LogP contribution is -2.33. The zero-order valence-electron chi connectivity index (χ0n) is 10.7. The number of aromatic nitrogens is 2. The number of hydrogen-bond acceptors (Lipinski definition) is 5. The number of ether oxygens (including phenoxy) is 1. The molecule has 1 unspecified atom stereocenters. The monoisotopic (exact) mass is 236 g/mol. The first-order chi connectivity index (χ1) is 8.17. The molecule has 1 aliphatic rings. The van der Waals surface area contributed by atoms with Gasteiger partial charge in [-0.1, -0.05) is 6.92 Å². The maximum absolute atomic E-state index is 5.10. The molecule has 1 N–H and O–H groups in total. The molecule has 2 heterocycles. The highest BCUT2D eigenvalue weighted by atomic mass is 16.5. The zero-order valence-corrected chi connectivity index (χ0v) is 10.7. The van der Waals surface area contributed by atoms with Gasteiger partial charge in [-0.3, -0.25) is 4.98 Å². The molecule has 1 atom stereocenters. The Morgan fingerprint density at radius 1 is 1.53 bits per heavy atom. The van der Waals surface area contributed by atoms with Crippen LogP contribution in [-0.4, -0.2) is 43.8 Å². The first kappa shape index (κ1) is 12.1. The molecule has 1 fully saturated rings. The smallest absolute Gasteiger partial charge is 0.233 e. The summed E-state index contributed by atoms with van der Waals surface area (Å²) in [7, 11) is 3.61. The summed E-state index contributed by atoms with van der Waals surface area (Å²) in [5.41, 5.74) is 0.319. The molecule has 94 valence electrons. The number of nitrogens with zero attached hydrogens (tertiary/aromatic N) is 3. The Kier molecular flexibility index (Phi) is 3.47. The normalized spacial score (nSPS) is 24.1. The summed E-state index contributed by atoms with van der Waals surface area (Å²) in [4.78, 5) is 10.8. The Balaban J connectivity index is 2.09. The van der Waals surface area contributed by atoms with Gasteiger partial charge in [-0.15, -0.1) is 0 Å². The maximum Gasteiger partial charge on any atom is 0.233 e. The summed E-state index contributed by atoms with van der Waals surface area (Å²) >= 11 is 0. The Morgan fingerprint density at radius 3 is 3.06 bits per heavy atom. The van der Waals surface area contributed by atoms with Crippen LogP contribution in [0, 0.1) is 5.41 Å². The topological polar surface area (TPSA) is 50.3 Å². The van der Waals surface area contributed by atoms with E-state index in [4.69, 9.17) is 4.74 Å². The van der Waals surface area contributed by atoms with E-state index in [9.17, 15) is 0 Å². The molecule has 0 aromatic carbocycles. The van der Waals surface area contributed by atoms with Crippen molar-refractivity contribution in [1.29, 1.82) is 0 Å². The number of methoxy groups -OCH3 is 1. The minimum atomic E-state index is 0.319. The van der Waals surface area contributed by atoms with Crippen LogP contribution in [0.25, 0.3) is 0 Å². The minimum absolute atomic E-state index is 0.319. The first-order valence-electron chi connectivity index (χ1n) is 5.92. The molecule has 17 heavy (non-hydrogen) atoms. The van der Waals surface area contributed by atoms with Crippen LogP contribution in [0.15, 0.2) is 12.4 Å². The van der Waals surface area contributed by atoms with Crippen LogP contribution in [-0.2, 0) is 0 Å². The van der Waals surface area contributed by atoms with Gasteiger partial charge in [0.05, 0.1) is 19.5 Å². The lowest BCUT2D eigenvalue weighted by molar-refractivity contribution is 0.355. The van der Waals surface area contributed by atoms with Crippen LogP contribution < -0.4 is 15.0 Å². The third kappa shape index (κ3) is 2.66. The van der Waals surface area contributed by atoms with Gasteiger partial charge in [0.2, 0.25) is 5.88 Å². The lowest BCUT2D eigenvalue weighted by atomic mass is 9.90. The van der Waals surface area contributed by atoms with Gasteiger partial charge in [0.15, 0.2) is 5.82 Å². The second-order valence-electron chi connectivity index (χ2n) is 4.93. The molecule has 0 bridgehead atoms.